The molecule has 26 heavy (non-hydrogen) atoms. The predicted octanol–water partition coefficient (Wildman–Crippen LogP) is 3.53. The normalized spacial score (nSPS) is 13.0. The predicted molar refractivity (Wildman–Crippen MR) is 96.9 cm³/mol. The fourth-order valence-electron chi connectivity index (χ4n) is 3.38. The number of aromatic hydroxyl groups is 1. The lowest BCUT2D eigenvalue weighted by Crippen LogP contribution is -2.19. The molecule has 0 saturated carbocycles. The summed E-state index contributed by atoms with van der Waals surface area (Å²) in [6.45, 7) is 2.71. The lowest BCUT2D eigenvalue weighted by atomic mass is 10.0. The van der Waals surface area contributed by atoms with Gasteiger partial charge in [-0.05, 0) is 25.1 Å². The molecule has 1 aliphatic rings. The molecule has 0 amide bonds. The third kappa shape index (κ3) is 2.05. The van der Waals surface area contributed by atoms with E-state index >= 15 is 0 Å². The Morgan fingerprint density at radius 2 is 1.77 bits per heavy atom. The highest BCUT2D eigenvalue weighted by Gasteiger charge is 2.33. The number of Topliss-reactive ketones (excluding diaryl/α,β-unsaturated/α-hetero) is 2. The number of para-hydroxylation sites is 1. The van der Waals surface area contributed by atoms with Crippen molar-refractivity contribution in [2.24, 2.45) is 4.99 Å². The molecule has 0 fully saturated rings. The zero-order chi connectivity index (χ0) is 18.6. The molecule has 0 aliphatic carbocycles. The zero-order valence-corrected chi connectivity index (χ0v) is 14.1. The molecule has 0 spiro atoms. The van der Waals surface area contributed by atoms with Gasteiger partial charge in [0.05, 0.1) is 16.6 Å². The number of aromatic nitrogens is 1. The minimum atomic E-state index is -0.391. The molecule has 1 N–H and O–H groups in total. The number of hydrogen-bond acceptors (Lipinski definition) is 5. The first kappa shape index (κ1) is 16.0. The summed E-state index contributed by atoms with van der Waals surface area (Å²) in [6.07, 6.45) is 0. The average Bonchev–Trinajstić information content (AvgIpc) is 3.10. The first-order valence-corrected chi connectivity index (χ1v) is 8.03. The summed E-state index contributed by atoms with van der Waals surface area (Å²) < 4.78 is 1.24. The van der Waals surface area contributed by atoms with Gasteiger partial charge in [0.15, 0.2) is 11.5 Å². The number of aliphatic imine (C=N–C) groups is 1. The Balaban J connectivity index is 2.09. The van der Waals surface area contributed by atoms with Gasteiger partial charge in [0, 0.05) is 18.1 Å². The molecule has 6 nitrogen and oxygen atoms in total. The summed E-state index contributed by atoms with van der Waals surface area (Å²) in [7, 11) is 0. The van der Waals surface area contributed by atoms with Crippen LogP contribution in [-0.2, 0) is 0 Å². The van der Waals surface area contributed by atoms with Crippen molar-refractivity contribution >= 4 is 39.8 Å². The van der Waals surface area contributed by atoms with E-state index in [1.165, 1.54) is 18.4 Å². The molecular formula is C20H14N2O4. The molecule has 0 unspecified atom stereocenters. The van der Waals surface area contributed by atoms with Gasteiger partial charge < -0.3 is 5.11 Å². The number of rotatable bonds is 2. The minimum Gasteiger partial charge on any atom is -0.505 e. The molecule has 1 aliphatic heterocycles. The maximum Gasteiger partial charge on any atom is 0.228 e. The SMILES string of the molecule is CC(=O)c1cccc2c1c(O)c(C1=Nc3ccccc3C1=O)n2C(C)=O. The lowest BCUT2D eigenvalue weighted by Gasteiger charge is -2.05. The van der Waals surface area contributed by atoms with Gasteiger partial charge in [0.1, 0.15) is 11.4 Å². The van der Waals surface area contributed by atoms with Crippen LogP contribution in [0.2, 0.25) is 0 Å². The van der Waals surface area contributed by atoms with Crippen molar-refractivity contribution < 1.29 is 19.5 Å². The molecule has 1 aromatic heterocycles. The van der Waals surface area contributed by atoms with Gasteiger partial charge in [-0.1, -0.05) is 24.3 Å². The van der Waals surface area contributed by atoms with E-state index in [0.717, 1.165) is 0 Å². The topological polar surface area (TPSA) is 88.7 Å². The Morgan fingerprint density at radius 1 is 1.04 bits per heavy atom. The van der Waals surface area contributed by atoms with Crippen LogP contribution in [0.4, 0.5) is 5.69 Å². The van der Waals surface area contributed by atoms with Crippen LogP contribution in [-0.4, -0.2) is 32.9 Å². The summed E-state index contributed by atoms with van der Waals surface area (Å²) in [4.78, 5) is 41.4. The summed E-state index contributed by atoms with van der Waals surface area (Å²) in [5.41, 5.74) is 1.55. The van der Waals surface area contributed by atoms with Crippen molar-refractivity contribution in [1.82, 2.24) is 4.57 Å². The molecule has 2 aromatic carbocycles. The van der Waals surface area contributed by atoms with Crippen molar-refractivity contribution in [3.63, 3.8) is 0 Å². The Labute approximate surface area is 148 Å². The van der Waals surface area contributed by atoms with E-state index in [9.17, 15) is 19.5 Å². The lowest BCUT2D eigenvalue weighted by molar-refractivity contribution is 0.0939. The zero-order valence-electron chi connectivity index (χ0n) is 14.1. The highest BCUT2D eigenvalue weighted by Crippen LogP contribution is 2.38. The van der Waals surface area contributed by atoms with Crippen molar-refractivity contribution in [1.29, 1.82) is 0 Å². The average molecular weight is 346 g/mol. The van der Waals surface area contributed by atoms with Crippen LogP contribution < -0.4 is 0 Å². The second-order valence-electron chi connectivity index (χ2n) is 6.11. The van der Waals surface area contributed by atoms with Crippen LogP contribution in [0, 0.1) is 0 Å². The number of nitrogens with zero attached hydrogens (tertiary/aromatic N) is 2. The van der Waals surface area contributed by atoms with Gasteiger partial charge in [0.2, 0.25) is 11.7 Å². The summed E-state index contributed by atoms with van der Waals surface area (Å²) in [5.74, 6) is -1.30. The smallest absolute Gasteiger partial charge is 0.228 e. The first-order valence-electron chi connectivity index (χ1n) is 8.03. The summed E-state index contributed by atoms with van der Waals surface area (Å²) in [6, 6.07) is 11.7. The van der Waals surface area contributed by atoms with E-state index in [1.807, 2.05) is 0 Å². The van der Waals surface area contributed by atoms with Gasteiger partial charge in [-0.2, -0.15) is 0 Å². The molecule has 2 heterocycles. The molecule has 4 rings (SSSR count). The molecule has 0 saturated heterocycles. The molecule has 0 bridgehead atoms. The molecule has 128 valence electrons. The second kappa shape index (κ2) is 5.49. The first-order chi connectivity index (χ1) is 12.4. The number of benzene rings is 2. The fourth-order valence-corrected chi connectivity index (χ4v) is 3.38. The number of ketones is 2. The third-order valence-electron chi connectivity index (χ3n) is 4.48. The van der Waals surface area contributed by atoms with E-state index in [0.29, 0.717) is 16.8 Å². The van der Waals surface area contributed by atoms with Crippen molar-refractivity contribution in [3.05, 3.63) is 59.3 Å². The highest BCUT2D eigenvalue weighted by molar-refractivity contribution is 6.55. The maximum absolute atomic E-state index is 12.8. The van der Waals surface area contributed by atoms with Crippen molar-refractivity contribution in [3.8, 4) is 5.75 Å². The van der Waals surface area contributed by atoms with Crippen LogP contribution in [0.1, 0.15) is 45.1 Å². The standard InChI is InChI=1S/C20H14N2O4/c1-10(23)12-7-5-9-15-16(12)20(26)18(22(15)11(2)24)17-19(25)13-6-3-4-8-14(13)21-17/h3-9,26H,1-2H3. The van der Waals surface area contributed by atoms with Gasteiger partial charge >= 0.3 is 0 Å². The number of carbonyl (C=O) groups excluding carboxylic acids is 3. The quantitative estimate of drug-likeness (QED) is 0.719. The van der Waals surface area contributed by atoms with Crippen LogP contribution in [0.5, 0.6) is 5.75 Å². The van der Waals surface area contributed by atoms with E-state index in [-0.39, 0.29) is 39.7 Å². The van der Waals surface area contributed by atoms with Gasteiger partial charge in [-0.25, -0.2) is 4.99 Å². The van der Waals surface area contributed by atoms with Crippen molar-refractivity contribution in [2.45, 2.75) is 13.8 Å². The summed E-state index contributed by atoms with van der Waals surface area (Å²) >= 11 is 0. The van der Waals surface area contributed by atoms with E-state index in [1.54, 1.807) is 42.5 Å². The van der Waals surface area contributed by atoms with Gasteiger partial charge in [-0.3, -0.25) is 19.0 Å². The second-order valence-corrected chi connectivity index (χ2v) is 6.11. The molecule has 3 aromatic rings. The van der Waals surface area contributed by atoms with Crippen LogP contribution in [0.25, 0.3) is 10.9 Å². The number of hydrogen-bond donors (Lipinski definition) is 1. The third-order valence-corrected chi connectivity index (χ3v) is 4.48. The maximum atomic E-state index is 12.8. The number of fused-ring (bicyclic) bond motifs is 2. The molecule has 6 heteroatoms. The van der Waals surface area contributed by atoms with Gasteiger partial charge in [0.25, 0.3) is 0 Å². The van der Waals surface area contributed by atoms with E-state index < -0.39 is 5.91 Å². The van der Waals surface area contributed by atoms with Crippen molar-refractivity contribution in [2.75, 3.05) is 0 Å². The minimum absolute atomic E-state index is 0.00963. The fraction of sp³-hybridized carbons (Fsp3) is 0.100. The summed E-state index contributed by atoms with van der Waals surface area (Å²) in [5, 5.41) is 11.1. The molecule has 0 atom stereocenters. The largest absolute Gasteiger partial charge is 0.505 e. The Bertz CT molecular complexity index is 1170. The molecule has 0 radical (unpaired) electrons. The Hall–Kier alpha value is -3.54. The van der Waals surface area contributed by atoms with E-state index in [2.05, 4.69) is 4.99 Å². The van der Waals surface area contributed by atoms with Crippen LogP contribution in [0.3, 0.4) is 0 Å². The number of carbonyl (C=O) groups is 3. The van der Waals surface area contributed by atoms with E-state index in [4.69, 9.17) is 0 Å². The van der Waals surface area contributed by atoms with Gasteiger partial charge in [-0.15, -0.1) is 0 Å². The molecular weight excluding hydrogens is 332 g/mol. The van der Waals surface area contributed by atoms with Crippen LogP contribution >= 0.6 is 0 Å². The Kier molecular flexibility index (Phi) is 3.37. The Morgan fingerprint density at radius 3 is 2.42 bits per heavy atom. The van der Waals surface area contributed by atoms with Crippen LogP contribution in [0.15, 0.2) is 47.5 Å². The monoisotopic (exact) mass is 346 g/mol. The highest BCUT2D eigenvalue weighted by atomic mass is 16.3.